The zero-order valence-electron chi connectivity index (χ0n) is 36.5. The van der Waals surface area contributed by atoms with Crippen LogP contribution in [-0.4, -0.2) is 31.0 Å². The molecule has 0 aliphatic heterocycles. The molecule has 0 saturated heterocycles. The van der Waals surface area contributed by atoms with Gasteiger partial charge in [0.15, 0.2) is 0 Å². The second kappa shape index (κ2) is 40.0. The summed E-state index contributed by atoms with van der Waals surface area (Å²) in [6, 6.07) is 87.7. The van der Waals surface area contributed by atoms with Crippen LogP contribution >= 0.6 is 87.8 Å². The summed E-state index contributed by atoms with van der Waals surface area (Å²) in [7, 11) is -3.81. The van der Waals surface area contributed by atoms with Crippen LogP contribution in [0.5, 0.6) is 0 Å². The average Bonchev–Trinajstić information content (AvgIpc) is 3.39. The normalized spacial score (nSPS) is 8.81. The van der Waals surface area contributed by atoms with Crippen LogP contribution in [0.15, 0.2) is 243 Å². The summed E-state index contributed by atoms with van der Waals surface area (Å²) in [5.41, 5.74) is 0. The average molecular weight is 1210 g/mol. The minimum Gasteiger partial charge on any atom is -0.753 e. The smallest absolute Gasteiger partial charge is 0.144 e. The Bertz CT molecular complexity index is 2220. The third-order valence-electron chi connectivity index (χ3n) is 9.15. The van der Waals surface area contributed by atoms with E-state index in [1.165, 1.54) is 73.4 Å². The Labute approximate surface area is 452 Å². The number of nitrogens with zero attached hydrogens (tertiary/aromatic N) is 6. The molecule has 1 radical (unpaired) electrons. The summed E-state index contributed by atoms with van der Waals surface area (Å²) in [4.78, 5) is 0. The van der Waals surface area contributed by atoms with Crippen molar-refractivity contribution in [1.29, 1.82) is 0 Å². The third kappa shape index (κ3) is 19.9. The van der Waals surface area contributed by atoms with E-state index >= 15 is 0 Å². The number of benzene rings is 8. The Kier molecular flexibility index (Phi) is 36.6. The fourth-order valence-electron chi connectivity index (χ4n) is 7.00. The van der Waals surface area contributed by atoms with Crippen molar-refractivity contribution in [3.05, 3.63) is 275 Å². The summed E-state index contributed by atoms with van der Waals surface area (Å²) >= 11 is 22.2. The number of hydrogen-bond donors (Lipinski definition) is 0. The minimum absolute atomic E-state index is 0. The van der Waals surface area contributed by atoms with Crippen LogP contribution < -0.4 is 42.4 Å². The fraction of sp³-hybridized carbons (Fsp3) is 0. The maximum Gasteiger partial charge on any atom is 0.144 e. The molecular formula is C54H40N6P2ReS6-4. The van der Waals surface area contributed by atoms with Gasteiger partial charge in [-0.2, -0.15) is 31.0 Å². The molecule has 0 saturated carbocycles. The Morgan fingerprint density at radius 1 is 0.203 bits per heavy atom. The van der Waals surface area contributed by atoms with Crippen molar-refractivity contribution in [2.24, 2.45) is 0 Å². The Hall–Kier alpha value is -5.92. The molecule has 0 aromatic heterocycles. The van der Waals surface area contributed by atoms with E-state index in [0.29, 0.717) is 0 Å². The van der Waals surface area contributed by atoms with Crippen LogP contribution in [0.2, 0.25) is 0 Å². The van der Waals surface area contributed by atoms with Gasteiger partial charge in [0, 0.05) is 20.4 Å². The molecule has 0 unspecified atom stereocenters. The van der Waals surface area contributed by atoms with Crippen molar-refractivity contribution in [1.82, 2.24) is 0 Å². The van der Waals surface area contributed by atoms with Gasteiger partial charge in [0.25, 0.3) is 0 Å². The van der Waals surface area contributed by atoms with Gasteiger partial charge in [0.05, 0.1) is 0 Å². The first-order valence-electron chi connectivity index (χ1n) is 19.6. The molecule has 0 fully saturated rings. The van der Waals surface area contributed by atoms with Gasteiger partial charge < -0.3 is 32.5 Å². The molecule has 0 bridgehead atoms. The van der Waals surface area contributed by atoms with Crippen LogP contribution in [-0.2, 0) is 20.4 Å². The van der Waals surface area contributed by atoms with Gasteiger partial charge >= 0.3 is 0 Å². The predicted octanol–water partition coefficient (Wildman–Crippen LogP) is 12.6. The molecule has 0 heterocycles. The largest absolute Gasteiger partial charge is 0.753 e. The molecule has 0 N–H and O–H groups in total. The first-order valence-corrected chi connectivity index (χ1v) is 25.7. The predicted molar refractivity (Wildman–Crippen MR) is 318 cm³/mol. The Morgan fingerprint density at radius 3 is 0.348 bits per heavy atom. The molecule has 0 spiro atoms. The third-order valence-corrected chi connectivity index (χ3v) is 17.7. The summed E-state index contributed by atoms with van der Waals surface area (Å²) < 4.78 is 0. The van der Waals surface area contributed by atoms with Crippen LogP contribution in [0.25, 0.3) is 32.5 Å². The van der Waals surface area contributed by atoms with Gasteiger partial charge in [0.1, 0.15) is 57.0 Å². The van der Waals surface area contributed by atoms with Gasteiger partial charge in [-0.1, -0.05) is 219 Å². The van der Waals surface area contributed by atoms with E-state index in [0.717, 1.165) is 0 Å². The maximum atomic E-state index is 7.13. The number of thiocarbonyl (C=S) groups is 6. The number of rotatable bonds is 8. The van der Waals surface area contributed by atoms with Gasteiger partial charge in [-0.25, -0.2) is 0 Å². The molecule has 0 aliphatic carbocycles. The Balaban J connectivity index is 0.000000989. The first kappa shape index (κ1) is 63.1. The molecule has 8 aromatic rings. The topological polar surface area (TPSA) is 134 Å². The SMILES string of the molecule is [N-]=C=S.[N-]=C=S.[N-]=C=S.[N-]=C=S.[N-]=C=S.[N-]=C=S.[Re].c1ccc([P+](c2ccccc2)(c2ccccc2)c2ccccc2)cc1.c1ccc([P+](c2ccccc2)(c2ccccc2)c2ccccc2)cc1. The summed E-state index contributed by atoms with van der Waals surface area (Å²) in [5.74, 6) is 0. The van der Waals surface area contributed by atoms with E-state index in [-0.39, 0.29) is 20.4 Å². The first-order chi connectivity index (χ1) is 33.3. The summed E-state index contributed by atoms with van der Waals surface area (Å²) in [6.07, 6.45) is 0. The maximum absolute atomic E-state index is 7.13. The monoisotopic (exact) mass is 1210 g/mol. The van der Waals surface area contributed by atoms with E-state index in [1.54, 1.807) is 0 Å². The number of isothiocyanates is 6. The minimum atomic E-state index is -1.91. The Morgan fingerprint density at radius 2 is 0.275 bits per heavy atom. The van der Waals surface area contributed by atoms with Crippen molar-refractivity contribution in [3.63, 3.8) is 0 Å². The van der Waals surface area contributed by atoms with Crippen LogP contribution in [0.1, 0.15) is 0 Å². The van der Waals surface area contributed by atoms with E-state index in [2.05, 4.69) is 316 Å². The molecule has 6 nitrogen and oxygen atoms in total. The van der Waals surface area contributed by atoms with Gasteiger partial charge in [-0.15, -0.1) is 0 Å². The van der Waals surface area contributed by atoms with E-state index in [9.17, 15) is 0 Å². The van der Waals surface area contributed by atoms with E-state index in [4.69, 9.17) is 32.5 Å². The molecule has 0 aliphatic rings. The van der Waals surface area contributed by atoms with Gasteiger partial charge in [-0.05, 0) is 97.1 Å². The van der Waals surface area contributed by atoms with Crippen molar-refractivity contribution in [2.45, 2.75) is 0 Å². The molecule has 8 rings (SSSR count). The molecule has 15 heteroatoms. The number of hydrogen-bond acceptors (Lipinski definition) is 6. The second-order valence-corrected chi connectivity index (χ2v) is 20.5. The molecule has 343 valence electrons. The van der Waals surface area contributed by atoms with E-state index in [1.807, 2.05) is 0 Å². The molecule has 69 heavy (non-hydrogen) atoms. The van der Waals surface area contributed by atoms with Gasteiger partial charge in [0.2, 0.25) is 0 Å². The van der Waals surface area contributed by atoms with Crippen molar-refractivity contribution >= 4 is 161 Å². The van der Waals surface area contributed by atoms with Gasteiger partial charge in [-0.3, -0.25) is 0 Å². The quantitative estimate of drug-likeness (QED) is 0.0845. The van der Waals surface area contributed by atoms with Crippen molar-refractivity contribution < 1.29 is 20.4 Å². The van der Waals surface area contributed by atoms with Crippen molar-refractivity contribution in [3.8, 4) is 0 Å². The zero-order valence-corrected chi connectivity index (χ0v) is 45.9. The van der Waals surface area contributed by atoms with Crippen molar-refractivity contribution in [2.75, 3.05) is 0 Å². The standard InChI is InChI=1S/2C24H20P.6CNS.Re/c2*1-5-13-21(14-6-1)25(22-15-7-2-8-16-22,23-17-9-3-10-18-23)24-19-11-4-12-20-24;6*2-1-3;/h2*1-20H;;;;;;;/q2*+1;6*-1;. The molecule has 8 aromatic carbocycles. The van der Waals surface area contributed by atoms with Crippen LogP contribution in [0.4, 0.5) is 0 Å². The fourth-order valence-corrected chi connectivity index (χ4v) is 15.5. The summed E-state index contributed by atoms with van der Waals surface area (Å²) in [6.45, 7) is 0. The summed E-state index contributed by atoms with van der Waals surface area (Å²) in [5, 5.41) is 61.9. The molecule has 0 atom stereocenters. The zero-order chi connectivity index (χ0) is 50.1. The van der Waals surface area contributed by atoms with Crippen LogP contribution in [0, 0.1) is 0 Å². The molecule has 0 amide bonds. The van der Waals surface area contributed by atoms with E-state index < -0.39 is 14.5 Å². The van der Waals surface area contributed by atoms with Crippen LogP contribution in [0.3, 0.4) is 0 Å². The second-order valence-electron chi connectivity index (χ2n) is 12.6. The molecular weight excluding hydrogens is 1170 g/mol.